The average molecular weight is 399 g/mol. The highest BCUT2D eigenvalue weighted by atomic mass is 35.5. The predicted octanol–water partition coefficient (Wildman–Crippen LogP) is 4.01. The molecule has 6 nitrogen and oxygen atoms in total. The Morgan fingerprint density at radius 1 is 1.23 bits per heavy atom. The van der Waals surface area contributed by atoms with Gasteiger partial charge in [-0.3, -0.25) is 14.9 Å². The third-order valence-corrected chi connectivity index (χ3v) is 6.49. The van der Waals surface area contributed by atoms with E-state index < -0.39 is 12.0 Å². The maximum Gasteiger partial charge on any atom is 0.414 e. The number of alkyl halides is 1. The number of nitrogens with one attached hydrogen (secondary N) is 2. The molecule has 0 aliphatic heterocycles. The molecule has 1 heterocycles. The molecule has 0 bridgehead atoms. The molecule has 2 fully saturated rings. The summed E-state index contributed by atoms with van der Waals surface area (Å²) >= 11 is 7.53. The fourth-order valence-electron chi connectivity index (χ4n) is 4.04. The maximum atomic E-state index is 12.7. The number of hydrogen-bond acceptors (Lipinski definition) is 5. The summed E-state index contributed by atoms with van der Waals surface area (Å²) in [6.07, 6.45) is 4.05. The Hall–Kier alpha value is -1.60. The van der Waals surface area contributed by atoms with Gasteiger partial charge in [0.05, 0.1) is 12.2 Å². The molecule has 2 saturated carbocycles. The molecule has 1 aromatic rings. The van der Waals surface area contributed by atoms with Crippen LogP contribution in [-0.4, -0.2) is 29.9 Å². The number of amides is 3. The van der Waals surface area contributed by atoms with Crippen LogP contribution in [0, 0.1) is 17.8 Å². The van der Waals surface area contributed by atoms with Crippen LogP contribution >= 0.6 is 22.9 Å². The number of carbonyl (C=O) groups is 3. The quantitative estimate of drug-likeness (QED) is 0.750. The zero-order valence-electron chi connectivity index (χ0n) is 14.6. The third-order valence-electron chi connectivity index (χ3n) is 5.26. The van der Waals surface area contributed by atoms with Crippen LogP contribution in [0.4, 0.5) is 9.80 Å². The van der Waals surface area contributed by atoms with Crippen LogP contribution < -0.4 is 10.6 Å². The Morgan fingerprint density at radius 2 is 2.00 bits per heavy atom. The van der Waals surface area contributed by atoms with E-state index >= 15 is 0 Å². The fourth-order valence-corrected chi connectivity index (χ4v) is 5.18. The first-order valence-corrected chi connectivity index (χ1v) is 10.3. The summed E-state index contributed by atoms with van der Waals surface area (Å²) in [6, 6.07) is 1.58. The van der Waals surface area contributed by atoms with Gasteiger partial charge in [0.25, 0.3) is 5.91 Å². The van der Waals surface area contributed by atoms with Crippen molar-refractivity contribution in [2.75, 3.05) is 11.9 Å². The molecular formula is C18H23ClN2O4S. The number of anilines is 1. The summed E-state index contributed by atoms with van der Waals surface area (Å²) in [7, 11) is 0. The van der Waals surface area contributed by atoms with E-state index in [-0.39, 0.29) is 29.4 Å². The highest BCUT2D eigenvalue weighted by Gasteiger charge is 2.41. The molecule has 2 aliphatic rings. The minimum absolute atomic E-state index is 0.0463. The SMILES string of the molecule is CCOC(=O)NC(=O)c1ccsc1NC(=O)C1CC2CCC(Cl)CC2C1. The standard InChI is InChI=1S/C18H23ClN2O4S/c1-2-25-18(24)21-16(23)14-5-6-26-17(14)20-15(22)12-7-10-3-4-13(19)9-11(10)8-12/h5-6,10-13H,2-4,7-9H2,1H3,(H,20,22)(H,21,23,24). The molecule has 2 N–H and O–H groups in total. The van der Waals surface area contributed by atoms with Crippen molar-refractivity contribution in [1.29, 1.82) is 0 Å². The molecule has 26 heavy (non-hydrogen) atoms. The maximum absolute atomic E-state index is 12.7. The lowest BCUT2D eigenvalue weighted by Crippen LogP contribution is -2.31. The van der Waals surface area contributed by atoms with Crippen molar-refractivity contribution in [3.63, 3.8) is 0 Å². The number of fused-ring (bicyclic) bond motifs is 1. The molecule has 0 radical (unpaired) electrons. The van der Waals surface area contributed by atoms with Crippen molar-refractivity contribution in [2.45, 2.75) is 44.4 Å². The summed E-state index contributed by atoms with van der Waals surface area (Å²) in [4.78, 5) is 36.3. The van der Waals surface area contributed by atoms with Crippen LogP contribution in [-0.2, 0) is 9.53 Å². The number of halogens is 1. The zero-order valence-corrected chi connectivity index (χ0v) is 16.2. The van der Waals surface area contributed by atoms with Crippen molar-refractivity contribution in [3.05, 3.63) is 17.0 Å². The lowest BCUT2D eigenvalue weighted by Gasteiger charge is -2.27. The summed E-state index contributed by atoms with van der Waals surface area (Å²) in [6.45, 7) is 1.84. The number of carbonyl (C=O) groups excluding carboxylic acids is 3. The molecule has 0 aromatic carbocycles. The number of alkyl carbamates (subject to hydrolysis) is 1. The molecule has 4 atom stereocenters. The minimum Gasteiger partial charge on any atom is -0.450 e. The average Bonchev–Trinajstić information content (AvgIpc) is 3.21. The van der Waals surface area contributed by atoms with Gasteiger partial charge in [-0.2, -0.15) is 0 Å². The molecule has 142 valence electrons. The van der Waals surface area contributed by atoms with E-state index in [1.165, 1.54) is 11.3 Å². The molecule has 0 saturated heterocycles. The lowest BCUT2D eigenvalue weighted by molar-refractivity contribution is -0.119. The van der Waals surface area contributed by atoms with Crippen molar-refractivity contribution in [3.8, 4) is 0 Å². The lowest BCUT2D eigenvalue weighted by atomic mass is 9.82. The minimum atomic E-state index is -0.795. The number of ether oxygens (including phenoxy) is 1. The smallest absolute Gasteiger partial charge is 0.414 e. The Kier molecular flexibility index (Phi) is 6.19. The number of rotatable bonds is 4. The first kappa shape index (κ1) is 19.2. The molecule has 2 aliphatic carbocycles. The molecule has 1 aromatic heterocycles. The summed E-state index contributed by atoms with van der Waals surface area (Å²) < 4.78 is 4.71. The van der Waals surface area contributed by atoms with E-state index in [0.29, 0.717) is 16.8 Å². The van der Waals surface area contributed by atoms with Gasteiger partial charge in [0.2, 0.25) is 5.91 Å². The summed E-state index contributed by atoms with van der Waals surface area (Å²) in [5.74, 6) is 0.422. The fraction of sp³-hybridized carbons (Fsp3) is 0.611. The van der Waals surface area contributed by atoms with Gasteiger partial charge in [-0.25, -0.2) is 4.79 Å². The van der Waals surface area contributed by atoms with Gasteiger partial charge in [0.1, 0.15) is 5.00 Å². The van der Waals surface area contributed by atoms with Crippen LogP contribution in [0.15, 0.2) is 11.4 Å². The topological polar surface area (TPSA) is 84.5 Å². The van der Waals surface area contributed by atoms with E-state index in [9.17, 15) is 14.4 Å². The second kappa shape index (κ2) is 8.39. The monoisotopic (exact) mass is 398 g/mol. The van der Waals surface area contributed by atoms with Crippen LogP contribution in [0.2, 0.25) is 0 Å². The second-order valence-corrected chi connectivity index (χ2v) is 8.46. The van der Waals surface area contributed by atoms with Crippen molar-refractivity contribution in [1.82, 2.24) is 5.32 Å². The highest BCUT2D eigenvalue weighted by molar-refractivity contribution is 7.14. The van der Waals surface area contributed by atoms with Gasteiger partial charge in [-0.05, 0) is 62.3 Å². The molecule has 3 amide bonds. The second-order valence-electron chi connectivity index (χ2n) is 6.93. The molecule has 3 rings (SSSR count). The van der Waals surface area contributed by atoms with E-state index in [1.807, 2.05) is 0 Å². The Labute approximate surface area is 161 Å². The van der Waals surface area contributed by atoms with E-state index in [2.05, 4.69) is 10.6 Å². The third kappa shape index (κ3) is 4.38. The van der Waals surface area contributed by atoms with E-state index in [1.54, 1.807) is 18.4 Å². The number of thiophene rings is 1. The van der Waals surface area contributed by atoms with Gasteiger partial charge in [0.15, 0.2) is 0 Å². The van der Waals surface area contributed by atoms with Gasteiger partial charge in [0, 0.05) is 11.3 Å². The zero-order chi connectivity index (χ0) is 18.7. The van der Waals surface area contributed by atoms with Gasteiger partial charge >= 0.3 is 6.09 Å². The molecule has 8 heteroatoms. The van der Waals surface area contributed by atoms with Gasteiger partial charge in [-0.15, -0.1) is 22.9 Å². The normalized spacial score (nSPS) is 27.5. The van der Waals surface area contributed by atoms with Crippen molar-refractivity contribution >= 4 is 45.8 Å². The first-order valence-electron chi connectivity index (χ1n) is 8.98. The van der Waals surface area contributed by atoms with Crippen LogP contribution in [0.3, 0.4) is 0 Å². The Morgan fingerprint density at radius 3 is 2.77 bits per heavy atom. The van der Waals surface area contributed by atoms with Crippen LogP contribution in [0.25, 0.3) is 0 Å². The van der Waals surface area contributed by atoms with Crippen molar-refractivity contribution < 1.29 is 19.1 Å². The highest BCUT2D eigenvalue weighted by Crippen LogP contribution is 2.46. The van der Waals surface area contributed by atoms with E-state index in [4.69, 9.17) is 16.3 Å². The van der Waals surface area contributed by atoms with Crippen molar-refractivity contribution in [2.24, 2.45) is 17.8 Å². The molecular weight excluding hydrogens is 376 g/mol. The van der Waals surface area contributed by atoms with Crippen LogP contribution in [0.5, 0.6) is 0 Å². The molecule has 0 spiro atoms. The van der Waals surface area contributed by atoms with E-state index in [0.717, 1.165) is 32.1 Å². The Balaban J connectivity index is 1.60. The largest absolute Gasteiger partial charge is 0.450 e. The summed E-state index contributed by atoms with van der Waals surface area (Å²) in [5.41, 5.74) is 0.271. The first-order chi connectivity index (χ1) is 12.5. The van der Waals surface area contributed by atoms with Gasteiger partial charge < -0.3 is 10.1 Å². The van der Waals surface area contributed by atoms with Crippen LogP contribution in [0.1, 0.15) is 49.4 Å². The summed E-state index contributed by atoms with van der Waals surface area (Å²) in [5, 5.41) is 7.43. The predicted molar refractivity (Wildman–Crippen MR) is 101 cm³/mol. The number of hydrogen-bond donors (Lipinski definition) is 2. The Bertz CT molecular complexity index is 692. The molecule has 4 unspecified atom stereocenters. The van der Waals surface area contributed by atoms with Gasteiger partial charge in [-0.1, -0.05) is 0 Å². The number of imide groups is 1.